The van der Waals surface area contributed by atoms with E-state index >= 15 is 0 Å². The number of hydrogen-bond acceptors (Lipinski definition) is 3. The van der Waals surface area contributed by atoms with E-state index in [1.807, 2.05) is 18.2 Å². The minimum atomic E-state index is -0.223. The molecule has 2 unspecified atom stereocenters. The maximum absolute atomic E-state index is 12.2. The van der Waals surface area contributed by atoms with Gasteiger partial charge in [-0.2, -0.15) is 0 Å². The third-order valence-corrected chi connectivity index (χ3v) is 4.59. The molecule has 0 spiro atoms. The van der Waals surface area contributed by atoms with E-state index in [4.69, 9.17) is 4.74 Å². The smallest absolute Gasteiger partial charge is 0.225 e. The molecular formula is C18H24N2O3. The fourth-order valence-electron chi connectivity index (χ4n) is 3.28. The van der Waals surface area contributed by atoms with Crippen LogP contribution in [0.2, 0.25) is 0 Å². The summed E-state index contributed by atoms with van der Waals surface area (Å²) in [6, 6.07) is 10.1. The number of benzene rings is 1. The number of carbonyl (C=O) groups is 2. The van der Waals surface area contributed by atoms with Gasteiger partial charge in [0, 0.05) is 32.7 Å². The van der Waals surface area contributed by atoms with Gasteiger partial charge >= 0.3 is 0 Å². The Balaban J connectivity index is 1.42. The summed E-state index contributed by atoms with van der Waals surface area (Å²) in [5, 5.41) is 2.96. The number of ether oxygens (including phenoxy) is 1. The van der Waals surface area contributed by atoms with Gasteiger partial charge in [0.1, 0.15) is 0 Å². The highest BCUT2D eigenvalue weighted by Gasteiger charge is 2.35. The fourth-order valence-corrected chi connectivity index (χ4v) is 3.28. The Morgan fingerprint density at radius 2 is 2.13 bits per heavy atom. The van der Waals surface area contributed by atoms with Crippen molar-refractivity contribution < 1.29 is 14.3 Å². The second kappa shape index (κ2) is 7.59. The monoisotopic (exact) mass is 316 g/mol. The van der Waals surface area contributed by atoms with E-state index in [0.29, 0.717) is 26.1 Å². The Bertz CT molecular complexity index is 540. The van der Waals surface area contributed by atoms with E-state index < -0.39 is 0 Å². The highest BCUT2D eigenvalue weighted by molar-refractivity contribution is 5.89. The van der Waals surface area contributed by atoms with E-state index in [0.717, 1.165) is 25.9 Å². The number of amides is 2. The Morgan fingerprint density at radius 1 is 1.30 bits per heavy atom. The van der Waals surface area contributed by atoms with Crippen molar-refractivity contribution in [3.05, 3.63) is 35.9 Å². The number of nitrogens with one attached hydrogen (secondary N) is 1. The van der Waals surface area contributed by atoms with Crippen molar-refractivity contribution in [3.63, 3.8) is 0 Å². The number of likely N-dealkylation sites (tertiary alicyclic amines) is 1. The molecule has 5 nitrogen and oxygen atoms in total. The van der Waals surface area contributed by atoms with Gasteiger partial charge in [-0.15, -0.1) is 0 Å². The highest BCUT2D eigenvalue weighted by atomic mass is 16.5. The molecule has 3 rings (SSSR count). The Hall–Kier alpha value is -1.88. The molecule has 2 heterocycles. The number of carbonyl (C=O) groups excluding carboxylic acids is 2. The van der Waals surface area contributed by atoms with Gasteiger partial charge in [0.05, 0.1) is 12.0 Å². The Morgan fingerprint density at radius 3 is 2.87 bits per heavy atom. The molecule has 2 amide bonds. The van der Waals surface area contributed by atoms with Crippen LogP contribution in [0.1, 0.15) is 24.8 Å². The fraction of sp³-hybridized carbons (Fsp3) is 0.556. The number of nitrogens with zero attached hydrogens (tertiary/aromatic N) is 1. The van der Waals surface area contributed by atoms with Crippen LogP contribution in [0.25, 0.3) is 0 Å². The molecule has 0 saturated carbocycles. The molecule has 2 fully saturated rings. The number of rotatable bonds is 6. The summed E-state index contributed by atoms with van der Waals surface area (Å²) in [6.07, 6.45) is 3.36. The average molecular weight is 316 g/mol. The molecule has 23 heavy (non-hydrogen) atoms. The summed E-state index contributed by atoms with van der Waals surface area (Å²) in [5.74, 6) is -0.160. The first kappa shape index (κ1) is 16.0. The van der Waals surface area contributed by atoms with Gasteiger partial charge in [-0.05, 0) is 24.8 Å². The van der Waals surface area contributed by atoms with Crippen LogP contribution < -0.4 is 5.32 Å². The van der Waals surface area contributed by atoms with Crippen LogP contribution >= 0.6 is 0 Å². The first-order valence-corrected chi connectivity index (χ1v) is 8.43. The molecule has 2 atom stereocenters. The first-order valence-electron chi connectivity index (χ1n) is 8.43. The Kier molecular flexibility index (Phi) is 5.28. The molecule has 2 saturated heterocycles. The van der Waals surface area contributed by atoms with Crippen LogP contribution in [0.5, 0.6) is 0 Å². The minimum absolute atomic E-state index is 0.0101. The van der Waals surface area contributed by atoms with Crippen molar-refractivity contribution >= 4 is 11.8 Å². The molecular weight excluding hydrogens is 292 g/mol. The van der Waals surface area contributed by atoms with E-state index in [-0.39, 0.29) is 23.8 Å². The molecule has 2 aliphatic rings. The topological polar surface area (TPSA) is 58.6 Å². The van der Waals surface area contributed by atoms with Gasteiger partial charge in [0.2, 0.25) is 11.8 Å². The third kappa shape index (κ3) is 4.32. The second-order valence-electron chi connectivity index (χ2n) is 6.36. The molecule has 1 N–H and O–H groups in total. The second-order valence-corrected chi connectivity index (χ2v) is 6.36. The lowest BCUT2D eigenvalue weighted by molar-refractivity contribution is -0.129. The quantitative estimate of drug-likeness (QED) is 0.862. The molecule has 2 aliphatic heterocycles. The van der Waals surface area contributed by atoms with Crippen LogP contribution in [-0.2, 0) is 20.7 Å². The van der Waals surface area contributed by atoms with Crippen molar-refractivity contribution in [2.45, 2.75) is 31.8 Å². The maximum atomic E-state index is 12.2. The van der Waals surface area contributed by atoms with Crippen LogP contribution in [0.4, 0.5) is 0 Å². The predicted octanol–water partition coefficient (Wildman–Crippen LogP) is 1.37. The van der Waals surface area contributed by atoms with Crippen molar-refractivity contribution in [1.82, 2.24) is 10.2 Å². The zero-order valence-corrected chi connectivity index (χ0v) is 13.4. The molecule has 5 heteroatoms. The van der Waals surface area contributed by atoms with Crippen LogP contribution in [-0.4, -0.2) is 49.1 Å². The summed E-state index contributed by atoms with van der Waals surface area (Å²) < 4.78 is 5.58. The van der Waals surface area contributed by atoms with Gasteiger partial charge in [0.25, 0.3) is 0 Å². The van der Waals surface area contributed by atoms with Gasteiger partial charge in [0.15, 0.2) is 0 Å². The summed E-state index contributed by atoms with van der Waals surface area (Å²) in [4.78, 5) is 26.1. The lowest BCUT2D eigenvalue weighted by Gasteiger charge is -2.20. The average Bonchev–Trinajstić information content (AvgIpc) is 3.19. The molecule has 1 aromatic rings. The molecule has 0 radical (unpaired) electrons. The van der Waals surface area contributed by atoms with E-state index in [2.05, 4.69) is 17.4 Å². The summed E-state index contributed by atoms with van der Waals surface area (Å²) in [6.45, 7) is 2.55. The molecule has 0 bridgehead atoms. The molecule has 124 valence electrons. The zero-order chi connectivity index (χ0) is 16.1. The van der Waals surface area contributed by atoms with E-state index in [1.54, 1.807) is 4.90 Å². The van der Waals surface area contributed by atoms with Crippen molar-refractivity contribution in [2.24, 2.45) is 5.92 Å². The molecule has 0 aromatic heterocycles. The minimum Gasteiger partial charge on any atom is -0.376 e. The predicted molar refractivity (Wildman–Crippen MR) is 86.8 cm³/mol. The summed E-state index contributed by atoms with van der Waals surface area (Å²) in [5.41, 5.74) is 1.20. The maximum Gasteiger partial charge on any atom is 0.225 e. The zero-order valence-electron chi connectivity index (χ0n) is 13.4. The normalized spacial score (nSPS) is 24.2. The van der Waals surface area contributed by atoms with Crippen LogP contribution in [0.15, 0.2) is 30.3 Å². The van der Waals surface area contributed by atoms with Crippen LogP contribution in [0.3, 0.4) is 0 Å². The highest BCUT2D eigenvalue weighted by Crippen LogP contribution is 2.21. The van der Waals surface area contributed by atoms with E-state index in [9.17, 15) is 9.59 Å². The van der Waals surface area contributed by atoms with Gasteiger partial charge in [-0.25, -0.2) is 0 Å². The lowest BCUT2D eigenvalue weighted by atomic mass is 10.1. The van der Waals surface area contributed by atoms with Gasteiger partial charge in [-0.1, -0.05) is 30.3 Å². The summed E-state index contributed by atoms with van der Waals surface area (Å²) in [7, 11) is 0. The first-order chi connectivity index (χ1) is 11.2. The molecule has 0 aliphatic carbocycles. The third-order valence-electron chi connectivity index (χ3n) is 4.59. The summed E-state index contributed by atoms with van der Waals surface area (Å²) >= 11 is 0. The Labute approximate surface area is 137 Å². The van der Waals surface area contributed by atoms with Crippen molar-refractivity contribution in [3.8, 4) is 0 Å². The molecule has 1 aromatic carbocycles. The van der Waals surface area contributed by atoms with Gasteiger partial charge < -0.3 is 15.0 Å². The number of hydrogen-bond donors (Lipinski definition) is 1. The standard InChI is InChI=1S/C18H24N2O3/c21-17-11-15(12-20(17)13-16-7-4-10-23-16)18(22)19-9-8-14-5-2-1-3-6-14/h1-3,5-6,15-16H,4,7-13H2,(H,19,22). The van der Waals surface area contributed by atoms with Crippen molar-refractivity contribution in [1.29, 1.82) is 0 Å². The van der Waals surface area contributed by atoms with Crippen molar-refractivity contribution in [2.75, 3.05) is 26.2 Å². The largest absolute Gasteiger partial charge is 0.376 e. The van der Waals surface area contributed by atoms with E-state index in [1.165, 1.54) is 5.56 Å². The van der Waals surface area contributed by atoms with Gasteiger partial charge in [-0.3, -0.25) is 9.59 Å². The lowest BCUT2D eigenvalue weighted by Crippen LogP contribution is -2.36. The van der Waals surface area contributed by atoms with Crippen LogP contribution in [0, 0.1) is 5.92 Å². The SMILES string of the molecule is O=C(NCCc1ccccc1)C1CC(=O)N(CC2CCCO2)C1.